The molecule has 1 N–H and O–H groups in total. The van der Waals surface area contributed by atoms with E-state index in [2.05, 4.69) is 43.2 Å². The van der Waals surface area contributed by atoms with E-state index in [1.807, 2.05) is 0 Å². The summed E-state index contributed by atoms with van der Waals surface area (Å²) in [5, 5.41) is 7.50. The molecule has 0 amide bonds. The van der Waals surface area contributed by atoms with Crippen molar-refractivity contribution in [3.05, 3.63) is 11.7 Å². The molecule has 0 bridgehead atoms. The fraction of sp³-hybridized carbons (Fsp3) is 0.857. The zero-order chi connectivity index (χ0) is 13.2. The molecule has 4 nitrogen and oxygen atoms in total. The van der Waals surface area contributed by atoms with Crippen molar-refractivity contribution in [3.63, 3.8) is 0 Å². The Balaban J connectivity index is 1.90. The Morgan fingerprint density at radius 2 is 1.89 bits per heavy atom. The van der Waals surface area contributed by atoms with Crippen LogP contribution in [0.5, 0.6) is 0 Å². The average molecular weight is 251 g/mol. The summed E-state index contributed by atoms with van der Waals surface area (Å²) in [6.45, 7) is 9.37. The third kappa shape index (κ3) is 3.80. The molecule has 0 radical (unpaired) electrons. The van der Waals surface area contributed by atoms with Crippen molar-refractivity contribution in [2.75, 3.05) is 0 Å². The lowest BCUT2D eigenvalue weighted by molar-refractivity contribution is 0.315. The molecule has 0 aromatic carbocycles. The number of nitrogens with one attached hydrogen (secondary N) is 1. The molecule has 1 fully saturated rings. The van der Waals surface area contributed by atoms with Crippen molar-refractivity contribution < 1.29 is 4.52 Å². The van der Waals surface area contributed by atoms with Crippen LogP contribution in [-0.4, -0.2) is 15.7 Å². The molecule has 2 rings (SSSR count). The van der Waals surface area contributed by atoms with E-state index in [1.165, 1.54) is 25.7 Å². The zero-order valence-corrected chi connectivity index (χ0v) is 12.0. The number of rotatable bonds is 3. The molecular formula is C14H25N3O. The number of aromatic nitrogens is 2. The van der Waals surface area contributed by atoms with Crippen LogP contribution in [0.15, 0.2) is 4.52 Å². The van der Waals surface area contributed by atoms with Crippen LogP contribution < -0.4 is 5.32 Å². The van der Waals surface area contributed by atoms with Gasteiger partial charge in [-0.2, -0.15) is 4.98 Å². The van der Waals surface area contributed by atoms with Gasteiger partial charge in [0.25, 0.3) is 0 Å². The molecule has 0 unspecified atom stereocenters. The fourth-order valence-corrected chi connectivity index (χ4v) is 2.36. The maximum absolute atomic E-state index is 5.32. The molecule has 1 aromatic heterocycles. The van der Waals surface area contributed by atoms with E-state index < -0.39 is 0 Å². The highest BCUT2D eigenvalue weighted by molar-refractivity contribution is 4.97. The third-order valence-corrected chi connectivity index (χ3v) is 3.63. The number of hydrogen-bond acceptors (Lipinski definition) is 4. The highest BCUT2D eigenvalue weighted by Crippen LogP contribution is 2.33. The Hall–Kier alpha value is -0.900. The highest BCUT2D eigenvalue weighted by Gasteiger charge is 2.24. The quantitative estimate of drug-likeness (QED) is 0.896. The summed E-state index contributed by atoms with van der Waals surface area (Å²) in [7, 11) is 0. The first-order chi connectivity index (χ1) is 8.44. The summed E-state index contributed by atoms with van der Waals surface area (Å²) in [4.78, 5) is 4.52. The first kappa shape index (κ1) is 13.5. The Labute approximate surface area is 110 Å². The lowest BCUT2D eigenvalue weighted by atomic mass is 9.83. The van der Waals surface area contributed by atoms with Gasteiger partial charge in [-0.25, -0.2) is 0 Å². The lowest BCUT2D eigenvalue weighted by Gasteiger charge is -2.23. The molecule has 1 aliphatic carbocycles. The van der Waals surface area contributed by atoms with Crippen molar-refractivity contribution >= 4 is 0 Å². The van der Waals surface area contributed by atoms with Crippen LogP contribution in [0.2, 0.25) is 0 Å². The van der Waals surface area contributed by atoms with Gasteiger partial charge in [0.1, 0.15) is 0 Å². The van der Waals surface area contributed by atoms with Gasteiger partial charge >= 0.3 is 0 Å². The molecule has 0 saturated heterocycles. The molecule has 1 heterocycles. The van der Waals surface area contributed by atoms with Crippen LogP contribution in [0.4, 0.5) is 0 Å². The van der Waals surface area contributed by atoms with E-state index in [9.17, 15) is 0 Å². The second-order valence-corrected chi connectivity index (χ2v) is 6.61. The topological polar surface area (TPSA) is 51.0 Å². The van der Waals surface area contributed by atoms with Gasteiger partial charge in [0.15, 0.2) is 5.82 Å². The van der Waals surface area contributed by atoms with Crippen LogP contribution in [0.25, 0.3) is 0 Å². The van der Waals surface area contributed by atoms with E-state index in [0.717, 1.165) is 11.7 Å². The minimum Gasteiger partial charge on any atom is -0.338 e. The van der Waals surface area contributed by atoms with Crippen LogP contribution in [-0.2, 0) is 6.54 Å². The molecule has 4 heteroatoms. The fourth-order valence-electron chi connectivity index (χ4n) is 2.36. The van der Waals surface area contributed by atoms with E-state index >= 15 is 0 Å². The lowest BCUT2D eigenvalue weighted by Crippen LogP contribution is -2.35. The van der Waals surface area contributed by atoms with Crippen LogP contribution >= 0.6 is 0 Å². The summed E-state index contributed by atoms with van der Waals surface area (Å²) in [5.74, 6) is 2.98. The van der Waals surface area contributed by atoms with Gasteiger partial charge in [0.05, 0.1) is 6.54 Å². The Kier molecular flexibility index (Phi) is 4.05. The summed E-state index contributed by atoms with van der Waals surface area (Å²) in [5.41, 5.74) is 0.0783. The summed E-state index contributed by atoms with van der Waals surface area (Å²) in [6, 6.07) is 0. The Bertz CT molecular complexity index is 373. The smallest absolute Gasteiger partial charge is 0.240 e. The van der Waals surface area contributed by atoms with E-state index in [4.69, 9.17) is 4.52 Å². The monoisotopic (exact) mass is 251 g/mol. The van der Waals surface area contributed by atoms with E-state index in [-0.39, 0.29) is 5.54 Å². The van der Waals surface area contributed by atoms with Crippen molar-refractivity contribution in [3.8, 4) is 0 Å². The second kappa shape index (κ2) is 5.39. The van der Waals surface area contributed by atoms with Gasteiger partial charge in [-0.05, 0) is 39.5 Å². The van der Waals surface area contributed by atoms with Crippen LogP contribution in [0.1, 0.15) is 71.0 Å². The highest BCUT2D eigenvalue weighted by atomic mass is 16.5. The van der Waals surface area contributed by atoms with Gasteiger partial charge in [0, 0.05) is 11.5 Å². The van der Waals surface area contributed by atoms with Gasteiger partial charge in [-0.1, -0.05) is 24.9 Å². The van der Waals surface area contributed by atoms with Crippen molar-refractivity contribution in [1.29, 1.82) is 0 Å². The molecule has 102 valence electrons. The van der Waals surface area contributed by atoms with Crippen molar-refractivity contribution in [1.82, 2.24) is 15.5 Å². The minimum absolute atomic E-state index is 0.0783. The Morgan fingerprint density at radius 3 is 2.50 bits per heavy atom. The van der Waals surface area contributed by atoms with Crippen LogP contribution in [0.3, 0.4) is 0 Å². The molecule has 1 aromatic rings. The van der Waals surface area contributed by atoms with Gasteiger partial charge < -0.3 is 9.84 Å². The number of hydrogen-bond donors (Lipinski definition) is 1. The zero-order valence-electron chi connectivity index (χ0n) is 12.0. The van der Waals surface area contributed by atoms with E-state index in [0.29, 0.717) is 18.4 Å². The summed E-state index contributed by atoms with van der Waals surface area (Å²) >= 11 is 0. The van der Waals surface area contributed by atoms with Crippen molar-refractivity contribution in [2.45, 2.75) is 71.4 Å². The molecule has 18 heavy (non-hydrogen) atoms. The van der Waals surface area contributed by atoms with Gasteiger partial charge in [-0.15, -0.1) is 0 Å². The van der Waals surface area contributed by atoms with Gasteiger partial charge in [-0.3, -0.25) is 0 Å². The maximum Gasteiger partial charge on any atom is 0.240 e. The maximum atomic E-state index is 5.32. The van der Waals surface area contributed by atoms with Crippen LogP contribution in [0, 0.1) is 5.92 Å². The molecule has 0 aliphatic heterocycles. The molecule has 1 saturated carbocycles. The predicted octanol–water partition coefficient (Wildman–Crippen LogP) is 3.25. The molecule has 0 atom stereocenters. The number of nitrogens with zero attached hydrogens (tertiary/aromatic N) is 2. The second-order valence-electron chi connectivity index (χ2n) is 6.61. The normalized spacial score (nSPS) is 25.3. The summed E-state index contributed by atoms with van der Waals surface area (Å²) in [6.07, 6.45) is 4.98. The van der Waals surface area contributed by atoms with E-state index in [1.54, 1.807) is 0 Å². The summed E-state index contributed by atoms with van der Waals surface area (Å²) < 4.78 is 5.32. The predicted molar refractivity (Wildman–Crippen MR) is 71.3 cm³/mol. The van der Waals surface area contributed by atoms with Crippen molar-refractivity contribution in [2.24, 2.45) is 5.92 Å². The largest absolute Gasteiger partial charge is 0.338 e. The molecular weight excluding hydrogens is 226 g/mol. The Morgan fingerprint density at radius 1 is 1.22 bits per heavy atom. The first-order valence-corrected chi connectivity index (χ1v) is 7.01. The minimum atomic E-state index is 0.0783. The SMILES string of the molecule is CC1CCC(c2noc(CNC(C)(C)C)n2)CC1. The first-order valence-electron chi connectivity index (χ1n) is 7.01. The van der Waals surface area contributed by atoms with Gasteiger partial charge in [0.2, 0.25) is 5.89 Å². The average Bonchev–Trinajstić information content (AvgIpc) is 2.75. The third-order valence-electron chi connectivity index (χ3n) is 3.63. The molecule has 0 spiro atoms. The molecule has 1 aliphatic rings. The standard InChI is InChI=1S/C14H25N3O/c1-10-5-7-11(8-6-10)13-16-12(18-17-13)9-15-14(2,3)4/h10-11,15H,5-9H2,1-4H3.